The van der Waals surface area contributed by atoms with Gasteiger partial charge in [0.15, 0.2) is 0 Å². The maximum atomic E-state index is 12.5. The van der Waals surface area contributed by atoms with Crippen LogP contribution in [0.15, 0.2) is 24.3 Å². The minimum absolute atomic E-state index is 0.0831. The zero-order valence-corrected chi connectivity index (χ0v) is 16.7. The van der Waals surface area contributed by atoms with E-state index in [0.717, 1.165) is 5.56 Å². The first-order valence-corrected chi connectivity index (χ1v) is 9.36. The Morgan fingerprint density at radius 2 is 1.92 bits per heavy atom. The maximum absolute atomic E-state index is 12.5. The molecular weight excluding hydrogens is 330 g/mol. The van der Waals surface area contributed by atoms with E-state index in [1.165, 1.54) is 5.56 Å². The molecule has 1 aliphatic heterocycles. The zero-order valence-electron chi connectivity index (χ0n) is 16.7. The molecule has 2 atom stereocenters. The Bertz CT molecular complexity index is 648. The second-order valence-electron chi connectivity index (χ2n) is 8.18. The molecule has 5 nitrogen and oxygen atoms in total. The lowest BCUT2D eigenvalue weighted by Crippen LogP contribution is -2.36. The largest absolute Gasteiger partial charge is 0.466 e. The standard InChI is InChI=1S/C21H31NO4/c1-7-25-19(23)18-13-22(20(24)26-21(4,5)6)12-17(18)16-10-8-9-15(11-16)14(2)3/h8-11,14,17-18H,7,12-13H2,1-6H3. The number of carbonyl (C=O) groups excluding carboxylic acids is 2. The van der Waals surface area contributed by atoms with Crippen LogP contribution in [0.3, 0.4) is 0 Å². The molecule has 2 unspecified atom stereocenters. The monoisotopic (exact) mass is 361 g/mol. The lowest BCUT2D eigenvalue weighted by Gasteiger charge is -2.24. The van der Waals surface area contributed by atoms with E-state index >= 15 is 0 Å². The molecule has 144 valence electrons. The third kappa shape index (κ3) is 4.99. The highest BCUT2D eigenvalue weighted by atomic mass is 16.6. The summed E-state index contributed by atoms with van der Waals surface area (Å²) >= 11 is 0. The van der Waals surface area contributed by atoms with E-state index < -0.39 is 5.60 Å². The molecule has 5 heteroatoms. The Morgan fingerprint density at radius 1 is 1.23 bits per heavy atom. The number of ether oxygens (including phenoxy) is 2. The van der Waals surface area contributed by atoms with Crippen LogP contribution in [0.25, 0.3) is 0 Å². The van der Waals surface area contributed by atoms with Crippen LogP contribution in [0.2, 0.25) is 0 Å². The number of nitrogens with zero attached hydrogens (tertiary/aromatic N) is 1. The molecule has 1 aliphatic rings. The van der Waals surface area contributed by atoms with Crippen molar-refractivity contribution < 1.29 is 19.1 Å². The Balaban J connectivity index is 2.27. The van der Waals surface area contributed by atoms with Crippen molar-refractivity contribution in [3.05, 3.63) is 35.4 Å². The van der Waals surface area contributed by atoms with Gasteiger partial charge in [-0.05, 0) is 44.7 Å². The summed E-state index contributed by atoms with van der Waals surface area (Å²) in [5, 5.41) is 0. The summed E-state index contributed by atoms with van der Waals surface area (Å²) in [4.78, 5) is 26.6. The molecule has 1 aromatic carbocycles. The van der Waals surface area contributed by atoms with Gasteiger partial charge in [0.25, 0.3) is 0 Å². The summed E-state index contributed by atoms with van der Waals surface area (Å²) in [6, 6.07) is 8.28. The van der Waals surface area contributed by atoms with Crippen LogP contribution in [-0.2, 0) is 14.3 Å². The number of carbonyl (C=O) groups is 2. The molecule has 0 radical (unpaired) electrons. The number of benzene rings is 1. The van der Waals surface area contributed by atoms with Crippen molar-refractivity contribution in [1.29, 1.82) is 0 Å². The van der Waals surface area contributed by atoms with Crippen molar-refractivity contribution in [2.45, 2.75) is 59.0 Å². The first-order valence-electron chi connectivity index (χ1n) is 9.36. The smallest absolute Gasteiger partial charge is 0.410 e. The van der Waals surface area contributed by atoms with Crippen molar-refractivity contribution >= 4 is 12.1 Å². The Hall–Kier alpha value is -2.04. The van der Waals surface area contributed by atoms with E-state index in [-0.39, 0.29) is 23.9 Å². The molecular formula is C21H31NO4. The molecule has 1 saturated heterocycles. The number of amides is 1. The van der Waals surface area contributed by atoms with Crippen LogP contribution in [0.1, 0.15) is 64.5 Å². The van der Waals surface area contributed by atoms with E-state index in [1.54, 1.807) is 11.8 Å². The number of esters is 1. The van der Waals surface area contributed by atoms with E-state index in [1.807, 2.05) is 32.9 Å². The molecule has 0 spiro atoms. The highest BCUT2D eigenvalue weighted by Crippen LogP contribution is 2.35. The molecule has 0 bridgehead atoms. The van der Waals surface area contributed by atoms with Crippen molar-refractivity contribution in [1.82, 2.24) is 4.90 Å². The quantitative estimate of drug-likeness (QED) is 0.749. The molecule has 1 aromatic rings. The van der Waals surface area contributed by atoms with Gasteiger partial charge in [0, 0.05) is 19.0 Å². The zero-order chi connectivity index (χ0) is 19.5. The third-order valence-electron chi connectivity index (χ3n) is 4.57. The Labute approximate surface area is 156 Å². The third-order valence-corrected chi connectivity index (χ3v) is 4.57. The van der Waals surface area contributed by atoms with Crippen LogP contribution >= 0.6 is 0 Å². The van der Waals surface area contributed by atoms with Gasteiger partial charge in [-0.2, -0.15) is 0 Å². The second kappa shape index (κ2) is 8.11. The predicted octanol–water partition coefficient (Wildman–Crippen LogP) is 4.32. The average molecular weight is 361 g/mol. The predicted molar refractivity (Wildman–Crippen MR) is 101 cm³/mol. The van der Waals surface area contributed by atoms with E-state index in [0.29, 0.717) is 25.6 Å². The van der Waals surface area contributed by atoms with Crippen molar-refractivity contribution in [2.75, 3.05) is 19.7 Å². The van der Waals surface area contributed by atoms with E-state index in [2.05, 4.69) is 26.0 Å². The molecule has 0 aliphatic carbocycles. The minimum Gasteiger partial charge on any atom is -0.466 e. The van der Waals surface area contributed by atoms with Gasteiger partial charge in [0.2, 0.25) is 0 Å². The molecule has 1 heterocycles. The summed E-state index contributed by atoms with van der Waals surface area (Å²) in [5.41, 5.74) is 1.73. The molecule has 26 heavy (non-hydrogen) atoms. The number of hydrogen-bond acceptors (Lipinski definition) is 4. The van der Waals surface area contributed by atoms with Gasteiger partial charge in [0.05, 0.1) is 12.5 Å². The van der Waals surface area contributed by atoms with Gasteiger partial charge in [0.1, 0.15) is 5.60 Å². The fourth-order valence-corrected chi connectivity index (χ4v) is 3.25. The highest BCUT2D eigenvalue weighted by Gasteiger charge is 2.42. The van der Waals surface area contributed by atoms with Crippen LogP contribution < -0.4 is 0 Å². The first-order chi connectivity index (χ1) is 12.1. The summed E-state index contributed by atoms with van der Waals surface area (Å²) in [6.07, 6.45) is -0.380. The van der Waals surface area contributed by atoms with Crippen LogP contribution in [-0.4, -0.2) is 42.3 Å². The lowest BCUT2D eigenvalue weighted by atomic mass is 9.87. The summed E-state index contributed by atoms with van der Waals surface area (Å²) in [7, 11) is 0. The number of rotatable bonds is 4. The molecule has 1 fully saturated rings. The summed E-state index contributed by atoms with van der Waals surface area (Å²) in [5.74, 6) is -0.303. The van der Waals surface area contributed by atoms with Crippen LogP contribution in [0.5, 0.6) is 0 Å². The average Bonchev–Trinajstić information content (AvgIpc) is 2.99. The minimum atomic E-state index is -0.563. The summed E-state index contributed by atoms with van der Waals surface area (Å²) in [6.45, 7) is 12.7. The maximum Gasteiger partial charge on any atom is 0.410 e. The molecule has 0 aromatic heterocycles. The topological polar surface area (TPSA) is 55.8 Å². The van der Waals surface area contributed by atoms with Crippen molar-refractivity contribution in [2.24, 2.45) is 5.92 Å². The van der Waals surface area contributed by atoms with Crippen molar-refractivity contribution in [3.63, 3.8) is 0 Å². The van der Waals surface area contributed by atoms with Gasteiger partial charge in [-0.3, -0.25) is 4.79 Å². The van der Waals surface area contributed by atoms with E-state index in [4.69, 9.17) is 9.47 Å². The fraction of sp³-hybridized carbons (Fsp3) is 0.619. The first kappa shape index (κ1) is 20.3. The molecule has 0 N–H and O–H groups in total. The fourth-order valence-electron chi connectivity index (χ4n) is 3.25. The van der Waals surface area contributed by atoms with Gasteiger partial charge < -0.3 is 14.4 Å². The number of likely N-dealkylation sites (tertiary alicyclic amines) is 1. The van der Waals surface area contributed by atoms with Gasteiger partial charge >= 0.3 is 12.1 Å². The normalized spacial score (nSPS) is 20.3. The van der Waals surface area contributed by atoms with Crippen LogP contribution in [0.4, 0.5) is 4.79 Å². The van der Waals surface area contributed by atoms with Gasteiger partial charge in [-0.25, -0.2) is 4.79 Å². The molecule has 1 amide bonds. The van der Waals surface area contributed by atoms with E-state index in [9.17, 15) is 9.59 Å². The lowest BCUT2D eigenvalue weighted by molar-refractivity contribution is -0.147. The van der Waals surface area contributed by atoms with Gasteiger partial charge in [-0.1, -0.05) is 38.1 Å². The van der Waals surface area contributed by atoms with Gasteiger partial charge in [-0.15, -0.1) is 0 Å². The Morgan fingerprint density at radius 3 is 2.50 bits per heavy atom. The van der Waals surface area contributed by atoms with Crippen LogP contribution in [0, 0.1) is 5.92 Å². The van der Waals surface area contributed by atoms with Crippen molar-refractivity contribution in [3.8, 4) is 0 Å². The highest BCUT2D eigenvalue weighted by molar-refractivity contribution is 5.77. The summed E-state index contributed by atoms with van der Waals surface area (Å²) < 4.78 is 10.8. The second-order valence-corrected chi connectivity index (χ2v) is 8.18. The number of hydrogen-bond donors (Lipinski definition) is 0. The SMILES string of the molecule is CCOC(=O)C1CN(C(=O)OC(C)(C)C)CC1c1cccc(C(C)C)c1. The molecule has 0 saturated carbocycles. The Kier molecular flexibility index (Phi) is 6.32. The molecule has 2 rings (SSSR count).